The van der Waals surface area contributed by atoms with Gasteiger partial charge in [-0.25, -0.2) is 8.78 Å². The van der Waals surface area contributed by atoms with Crippen molar-refractivity contribution in [2.75, 3.05) is 37.7 Å². The summed E-state index contributed by atoms with van der Waals surface area (Å²) in [5, 5.41) is 0. The highest BCUT2D eigenvalue weighted by Crippen LogP contribution is 2.29. The lowest BCUT2D eigenvalue weighted by molar-refractivity contribution is 0.0737. The summed E-state index contributed by atoms with van der Waals surface area (Å²) < 4.78 is 33.3. The van der Waals surface area contributed by atoms with Crippen molar-refractivity contribution in [2.45, 2.75) is 6.92 Å². The summed E-state index contributed by atoms with van der Waals surface area (Å²) in [7, 11) is 0. The van der Waals surface area contributed by atoms with Gasteiger partial charge in [-0.1, -0.05) is 18.2 Å². The van der Waals surface area contributed by atoms with Crippen LogP contribution in [0.4, 0.5) is 14.5 Å². The van der Waals surface area contributed by atoms with Crippen molar-refractivity contribution >= 4 is 11.6 Å². The molecule has 1 heterocycles. The number of ether oxygens (including phenoxy) is 1. The molecule has 1 aliphatic rings. The Kier molecular flexibility index (Phi) is 5.16. The highest BCUT2D eigenvalue weighted by atomic mass is 19.1. The van der Waals surface area contributed by atoms with Gasteiger partial charge in [0.05, 0.1) is 12.3 Å². The second kappa shape index (κ2) is 7.51. The van der Waals surface area contributed by atoms with E-state index in [-0.39, 0.29) is 0 Å². The summed E-state index contributed by atoms with van der Waals surface area (Å²) in [5.41, 5.74) is 0.485. The summed E-state index contributed by atoms with van der Waals surface area (Å²) >= 11 is 0. The third-order valence-electron chi connectivity index (χ3n) is 4.25. The molecule has 0 radical (unpaired) electrons. The smallest absolute Gasteiger partial charge is 0.259 e. The van der Waals surface area contributed by atoms with Crippen LogP contribution in [0.2, 0.25) is 0 Å². The van der Waals surface area contributed by atoms with Crippen LogP contribution in [0.15, 0.2) is 42.5 Å². The fourth-order valence-electron chi connectivity index (χ4n) is 3.01. The fourth-order valence-corrected chi connectivity index (χ4v) is 3.01. The monoisotopic (exact) mass is 346 g/mol. The molecule has 0 saturated carbocycles. The molecule has 4 nitrogen and oxygen atoms in total. The van der Waals surface area contributed by atoms with Crippen LogP contribution in [0.25, 0.3) is 0 Å². The molecule has 1 saturated heterocycles. The number of benzene rings is 2. The standard InChI is InChI=1S/C19H20F2N2O2/c1-2-25-17-9-4-3-8-16(17)22-10-12-23(13-11-22)19(24)18-14(20)6-5-7-15(18)21/h3-9H,2,10-13H2,1H3. The van der Waals surface area contributed by atoms with Gasteiger partial charge in [-0.15, -0.1) is 0 Å². The zero-order valence-electron chi connectivity index (χ0n) is 14.0. The molecule has 0 aromatic heterocycles. The molecule has 1 aliphatic heterocycles. The number of para-hydroxylation sites is 2. The van der Waals surface area contributed by atoms with E-state index in [2.05, 4.69) is 4.90 Å². The Morgan fingerprint density at radius 1 is 1.00 bits per heavy atom. The Morgan fingerprint density at radius 3 is 2.28 bits per heavy atom. The minimum absolute atomic E-state index is 0.396. The topological polar surface area (TPSA) is 32.8 Å². The van der Waals surface area contributed by atoms with E-state index < -0.39 is 23.1 Å². The molecule has 25 heavy (non-hydrogen) atoms. The van der Waals surface area contributed by atoms with E-state index in [1.165, 1.54) is 11.0 Å². The van der Waals surface area contributed by atoms with Crippen molar-refractivity contribution in [3.63, 3.8) is 0 Å². The maximum absolute atomic E-state index is 13.8. The summed E-state index contributed by atoms with van der Waals surface area (Å²) in [6.07, 6.45) is 0. The van der Waals surface area contributed by atoms with Crippen LogP contribution in [0.1, 0.15) is 17.3 Å². The minimum Gasteiger partial charge on any atom is -0.492 e. The van der Waals surface area contributed by atoms with E-state index in [4.69, 9.17) is 4.74 Å². The number of nitrogens with zero attached hydrogens (tertiary/aromatic N) is 2. The van der Waals surface area contributed by atoms with Crippen LogP contribution in [0.5, 0.6) is 5.75 Å². The van der Waals surface area contributed by atoms with E-state index in [9.17, 15) is 13.6 Å². The average Bonchev–Trinajstić information content (AvgIpc) is 2.62. The van der Waals surface area contributed by atoms with Gasteiger partial charge in [-0.05, 0) is 31.2 Å². The van der Waals surface area contributed by atoms with Crippen LogP contribution < -0.4 is 9.64 Å². The highest BCUT2D eigenvalue weighted by Gasteiger charge is 2.27. The largest absolute Gasteiger partial charge is 0.492 e. The van der Waals surface area contributed by atoms with Crippen LogP contribution >= 0.6 is 0 Å². The van der Waals surface area contributed by atoms with Gasteiger partial charge in [-0.3, -0.25) is 4.79 Å². The Hall–Kier alpha value is -2.63. The second-order valence-corrected chi connectivity index (χ2v) is 5.78. The first-order valence-corrected chi connectivity index (χ1v) is 8.32. The van der Waals surface area contributed by atoms with E-state index in [1.807, 2.05) is 31.2 Å². The molecule has 0 bridgehead atoms. The first-order valence-electron chi connectivity index (χ1n) is 8.32. The average molecular weight is 346 g/mol. The molecule has 6 heteroatoms. The Labute approximate surface area is 145 Å². The van der Waals surface area contributed by atoms with Crippen LogP contribution in [-0.4, -0.2) is 43.6 Å². The lowest BCUT2D eigenvalue weighted by Crippen LogP contribution is -2.49. The predicted molar refractivity (Wildman–Crippen MR) is 92.1 cm³/mol. The molecule has 0 atom stereocenters. The van der Waals surface area contributed by atoms with E-state index in [0.29, 0.717) is 32.8 Å². The van der Waals surface area contributed by atoms with Gasteiger partial charge in [0.2, 0.25) is 0 Å². The van der Waals surface area contributed by atoms with Gasteiger partial charge in [0.1, 0.15) is 22.9 Å². The Morgan fingerprint density at radius 2 is 1.64 bits per heavy atom. The number of carbonyl (C=O) groups excluding carboxylic acids is 1. The van der Waals surface area contributed by atoms with E-state index in [0.717, 1.165) is 23.6 Å². The summed E-state index contributed by atoms with van der Waals surface area (Å²) in [6, 6.07) is 11.2. The van der Waals surface area contributed by atoms with E-state index in [1.54, 1.807) is 0 Å². The molecule has 1 amide bonds. The molecule has 0 aliphatic carbocycles. The second-order valence-electron chi connectivity index (χ2n) is 5.78. The molecular weight excluding hydrogens is 326 g/mol. The van der Waals surface area contributed by atoms with Gasteiger partial charge in [0.15, 0.2) is 0 Å². The van der Waals surface area contributed by atoms with Crippen LogP contribution in [-0.2, 0) is 0 Å². The number of piperazine rings is 1. The van der Waals surface area contributed by atoms with Gasteiger partial charge in [-0.2, -0.15) is 0 Å². The number of amides is 1. The minimum atomic E-state index is -0.825. The third-order valence-corrected chi connectivity index (χ3v) is 4.25. The van der Waals surface area contributed by atoms with Gasteiger partial charge < -0.3 is 14.5 Å². The number of halogens is 2. The van der Waals surface area contributed by atoms with Crippen molar-refractivity contribution in [3.8, 4) is 5.75 Å². The van der Waals surface area contributed by atoms with Crippen LogP contribution in [0, 0.1) is 11.6 Å². The molecule has 132 valence electrons. The number of anilines is 1. The highest BCUT2D eigenvalue weighted by molar-refractivity contribution is 5.95. The molecule has 2 aromatic rings. The summed E-state index contributed by atoms with van der Waals surface area (Å²) in [5.74, 6) is -1.46. The zero-order valence-corrected chi connectivity index (χ0v) is 14.0. The lowest BCUT2D eigenvalue weighted by atomic mass is 10.1. The van der Waals surface area contributed by atoms with Crippen molar-refractivity contribution in [3.05, 3.63) is 59.7 Å². The van der Waals surface area contributed by atoms with Gasteiger partial charge >= 0.3 is 0 Å². The van der Waals surface area contributed by atoms with Crippen LogP contribution in [0.3, 0.4) is 0 Å². The summed E-state index contributed by atoms with van der Waals surface area (Å²) in [4.78, 5) is 16.1. The lowest BCUT2D eigenvalue weighted by Gasteiger charge is -2.36. The normalized spacial score (nSPS) is 14.5. The Balaban J connectivity index is 1.71. The molecule has 0 unspecified atom stereocenters. The zero-order chi connectivity index (χ0) is 17.8. The molecular formula is C19H20F2N2O2. The number of rotatable bonds is 4. The fraction of sp³-hybridized carbons (Fsp3) is 0.316. The van der Waals surface area contributed by atoms with Gasteiger partial charge in [0, 0.05) is 26.2 Å². The van der Waals surface area contributed by atoms with Crippen molar-refractivity contribution in [1.82, 2.24) is 4.90 Å². The van der Waals surface area contributed by atoms with Crippen molar-refractivity contribution < 1.29 is 18.3 Å². The first kappa shape index (κ1) is 17.2. The first-order chi connectivity index (χ1) is 12.1. The van der Waals surface area contributed by atoms with Crippen molar-refractivity contribution in [1.29, 1.82) is 0 Å². The maximum atomic E-state index is 13.8. The number of carbonyl (C=O) groups is 1. The van der Waals surface area contributed by atoms with Gasteiger partial charge in [0.25, 0.3) is 5.91 Å². The number of hydrogen-bond donors (Lipinski definition) is 0. The Bertz CT molecular complexity index is 739. The molecule has 1 fully saturated rings. The summed E-state index contributed by atoms with van der Waals surface area (Å²) in [6.45, 7) is 4.44. The quantitative estimate of drug-likeness (QED) is 0.851. The third kappa shape index (κ3) is 3.57. The molecule has 0 N–H and O–H groups in total. The predicted octanol–water partition coefficient (Wildman–Crippen LogP) is 3.33. The maximum Gasteiger partial charge on any atom is 0.259 e. The van der Waals surface area contributed by atoms with E-state index >= 15 is 0 Å². The molecule has 0 spiro atoms. The molecule has 2 aromatic carbocycles. The SMILES string of the molecule is CCOc1ccccc1N1CCN(C(=O)c2c(F)cccc2F)CC1. The van der Waals surface area contributed by atoms with Crippen molar-refractivity contribution in [2.24, 2.45) is 0 Å². The molecule has 3 rings (SSSR count). The number of hydrogen-bond acceptors (Lipinski definition) is 3.